The Balaban J connectivity index is 0.00000400. The van der Waals surface area contributed by atoms with E-state index in [0.29, 0.717) is 6.07 Å². The van der Waals surface area contributed by atoms with Crippen molar-refractivity contribution in [3.05, 3.63) is 24.0 Å². The van der Waals surface area contributed by atoms with Crippen molar-refractivity contribution in [3.63, 3.8) is 0 Å². The molecule has 21 heavy (non-hydrogen) atoms. The van der Waals surface area contributed by atoms with Crippen molar-refractivity contribution in [1.82, 2.24) is 0 Å². The maximum absolute atomic E-state index is 12.8. The van der Waals surface area contributed by atoms with Crippen LogP contribution >= 0.6 is 0 Å². The van der Waals surface area contributed by atoms with Crippen molar-refractivity contribution in [2.75, 3.05) is 18.1 Å². The third-order valence-corrected chi connectivity index (χ3v) is 4.41. The molecule has 0 aliphatic carbocycles. The van der Waals surface area contributed by atoms with E-state index in [2.05, 4.69) is 0 Å². The van der Waals surface area contributed by atoms with E-state index in [4.69, 9.17) is 4.74 Å². The summed E-state index contributed by atoms with van der Waals surface area (Å²) in [4.78, 5) is 0. The van der Waals surface area contributed by atoms with Crippen LogP contribution in [-0.2, 0) is 9.84 Å². The minimum atomic E-state index is -5.39. The van der Waals surface area contributed by atoms with Crippen LogP contribution in [-0.4, -0.2) is 33.5 Å². The van der Waals surface area contributed by atoms with Crippen LogP contribution in [0.25, 0.3) is 0 Å². The molecule has 0 N–H and O–H groups in total. The Morgan fingerprint density at radius 1 is 1.24 bits per heavy atom. The predicted octanol–water partition coefficient (Wildman–Crippen LogP) is -0.912. The maximum Gasteiger partial charge on any atom is 1.00 e. The number of hydrogen-bond acceptors (Lipinski definition) is 3. The SMILES string of the molecule is CCS(=O)(=O)CCCOc1ccc(F)cc1[B-](F)(F)F.[K+]. The monoisotopic (exact) mass is 352 g/mol. The normalized spacial score (nSPS) is 11.9. The molecule has 1 aromatic rings. The van der Waals surface area contributed by atoms with Crippen LogP contribution in [0.5, 0.6) is 5.75 Å². The molecule has 114 valence electrons. The van der Waals surface area contributed by atoms with Gasteiger partial charge < -0.3 is 17.7 Å². The molecule has 0 fully saturated rings. The van der Waals surface area contributed by atoms with Crippen LogP contribution in [0.1, 0.15) is 13.3 Å². The Bertz CT molecular complexity index is 563. The molecule has 1 rings (SSSR count). The summed E-state index contributed by atoms with van der Waals surface area (Å²) in [7, 11) is -3.18. The number of halogens is 4. The Labute approximate surface area is 163 Å². The smallest absolute Gasteiger partial charge is 0.497 e. The quantitative estimate of drug-likeness (QED) is 0.363. The van der Waals surface area contributed by atoms with Crippen LogP contribution in [0.15, 0.2) is 18.2 Å². The van der Waals surface area contributed by atoms with Gasteiger partial charge in [0.25, 0.3) is 0 Å². The van der Waals surface area contributed by atoms with E-state index >= 15 is 0 Å². The fraction of sp³-hybridized carbons (Fsp3) is 0.455. The van der Waals surface area contributed by atoms with Crippen LogP contribution in [0.2, 0.25) is 0 Å². The third kappa shape index (κ3) is 7.47. The zero-order valence-corrected chi connectivity index (χ0v) is 15.7. The number of sulfone groups is 1. The molecule has 0 aromatic heterocycles. The molecule has 0 unspecified atom stereocenters. The summed E-state index contributed by atoms with van der Waals surface area (Å²) in [5, 5.41) is 0. The minimum Gasteiger partial charge on any atom is -0.497 e. The number of hydrogen-bond donors (Lipinski definition) is 0. The van der Waals surface area contributed by atoms with Gasteiger partial charge in [0.2, 0.25) is 0 Å². The second kappa shape index (κ2) is 8.88. The summed E-state index contributed by atoms with van der Waals surface area (Å²) in [5.74, 6) is -1.66. The van der Waals surface area contributed by atoms with E-state index in [1.165, 1.54) is 6.92 Å². The van der Waals surface area contributed by atoms with E-state index in [1.807, 2.05) is 0 Å². The zero-order valence-electron chi connectivity index (χ0n) is 11.8. The summed E-state index contributed by atoms with van der Waals surface area (Å²) in [6.45, 7) is -4.08. The van der Waals surface area contributed by atoms with Crippen LogP contribution in [0.4, 0.5) is 17.3 Å². The molecule has 0 aliphatic heterocycles. The first-order valence-corrected chi connectivity index (χ1v) is 7.80. The van der Waals surface area contributed by atoms with Gasteiger partial charge in [-0.25, -0.2) is 12.8 Å². The van der Waals surface area contributed by atoms with Crippen molar-refractivity contribution in [3.8, 4) is 5.75 Å². The molecule has 0 bridgehead atoms. The Kier molecular flexibility index (Phi) is 9.04. The molecule has 0 heterocycles. The molecule has 0 saturated heterocycles. The first kappa shape index (κ1) is 21.4. The van der Waals surface area contributed by atoms with Crippen LogP contribution in [0, 0.1) is 5.82 Å². The van der Waals surface area contributed by atoms with Gasteiger partial charge in [0.15, 0.2) is 0 Å². The first-order valence-electron chi connectivity index (χ1n) is 5.98. The first-order chi connectivity index (χ1) is 9.15. The summed E-state index contributed by atoms with van der Waals surface area (Å²) in [5.41, 5.74) is -1.15. The Hall–Kier alpha value is 0.391. The second-order valence-electron chi connectivity index (χ2n) is 4.20. The fourth-order valence-corrected chi connectivity index (χ4v) is 2.36. The second-order valence-corrected chi connectivity index (χ2v) is 6.67. The fourth-order valence-electron chi connectivity index (χ4n) is 1.51. The van der Waals surface area contributed by atoms with Gasteiger partial charge in [0.1, 0.15) is 15.7 Å². The van der Waals surface area contributed by atoms with E-state index < -0.39 is 33.8 Å². The van der Waals surface area contributed by atoms with Crippen LogP contribution < -0.4 is 61.6 Å². The molecule has 0 atom stereocenters. The number of rotatable bonds is 7. The Morgan fingerprint density at radius 2 is 1.86 bits per heavy atom. The van der Waals surface area contributed by atoms with Crippen molar-refractivity contribution in [2.45, 2.75) is 13.3 Å². The number of benzene rings is 1. The molecular formula is C11H14BF4KO3S. The molecule has 0 aliphatic rings. The van der Waals surface area contributed by atoms with E-state index in [0.717, 1.165) is 12.1 Å². The van der Waals surface area contributed by atoms with E-state index in [1.54, 1.807) is 0 Å². The van der Waals surface area contributed by atoms with Gasteiger partial charge in [-0.15, -0.1) is 0 Å². The van der Waals surface area contributed by atoms with Gasteiger partial charge in [-0.05, 0) is 24.6 Å². The maximum atomic E-state index is 12.8. The summed E-state index contributed by atoms with van der Waals surface area (Å²) >= 11 is 0. The van der Waals surface area contributed by atoms with Gasteiger partial charge in [-0.3, -0.25) is 0 Å². The summed E-state index contributed by atoms with van der Waals surface area (Å²) < 4.78 is 78.3. The van der Waals surface area contributed by atoms with Gasteiger partial charge in [0, 0.05) is 5.75 Å². The van der Waals surface area contributed by atoms with E-state index in [9.17, 15) is 25.8 Å². The molecular weight excluding hydrogens is 338 g/mol. The minimum absolute atomic E-state index is 0. The molecule has 3 nitrogen and oxygen atoms in total. The topological polar surface area (TPSA) is 43.4 Å². The van der Waals surface area contributed by atoms with E-state index in [-0.39, 0.29) is 75.9 Å². The molecule has 0 saturated carbocycles. The third-order valence-electron chi connectivity index (χ3n) is 2.62. The van der Waals surface area contributed by atoms with Gasteiger partial charge >= 0.3 is 58.4 Å². The van der Waals surface area contributed by atoms with Gasteiger partial charge in [-0.1, -0.05) is 12.4 Å². The summed E-state index contributed by atoms with van der Waals surface area (Å²) in [6, 6.07) is 2.13. The average molecular weight is 352 g/mol. The largest absolute Gasteiger partial charge is 1.00 e. The average Bonchev–Trinajstić information content (AvgIpc) is 2.35. The summed E-state index contributed by atoms with van der Waals surface area (Å²) in [6.07, 6.45) is 0.0812. The molecule has 10 heteroatoms. The van der Waals surface area contributed by atoms with Crippen molar-refractivity contribution in [1.29, 1.82) is 0 Å². The van der Waals surface area contributed by atoms with Crippen molar-refractivity contribution >= 4 is 22.3 Å². The Morgan fingerprint density at radius 3 is 2.38 bits per heavy atom. The van der Waals surface area contributed by atoms with Gasteiger partial charge in [0.05, 0.1) is 18.1 Å². The predicted molar refractivity (Wildman–Crippen MR) is 69.6 cm³/mol. The molecule has 0 amide bonds. The van der Waals surface area contributed by atoms with Crippen molar-refractivity contribution < 1.29 is 81.9 Å². The number of ether oxygens (including phenoxy) is 1. The zero-order chi connectivity index (χ0) is 15.4. The van der Waals surface area contributed by atoms with Gasteiger partial charge in [-0.2, -0.15) is 0 Å². The molecule has 0 spiro atoms. The molecule has 1 aromatic carbocycles. The molecule has 0 radical (unpaired) electrons. The standard InChI is InChI=1S/C11H14BF4O3S.K/c1-2-20(17,18)7-3-6-19-11-5-4-9(13)8-10(11)12(14,15)16;/h4-5,8H,2-3,6-7H2,1H3;/q-1;+1. The van der Waals surface area contributed by atoms with Crippen molar-refractivity contribution in [2.24, 2.45) is 0 Å². The van der Waals surface area contributed by atoms with Crippen LogP contribution in [0.3, 0.4) is 0 Å².